The molecule has 1 atom stereocenters. The van der Waals surface area contributed by atoms with Gasteiger partial charge < -0.3 is 0 Å². The molecule has 23 heavy (non-hydrogen) atoms. The van der Waals surface area contributed by atoms with Gasteiger partial charge in [-0.3, -0.25) is 0 Å². The summed E-state index contributed by atoms with van der Waals surface area (Å²) in [4.78, 5) is 8.05. The molecular weight excluding hydrogens is 326 g/mol. The van der Waals surface area contributed by atoms with Gasteiger partial charge in [0, 0.05) is 23.7 Å². The number of aromatic nitrogens is 4. The van der Waals surface area contributed by atoms with Gasteiger partial charge in [-0.1, -0.05) is 6.42 Å². The highest BCUT2D eigenvalue weighted by atomic mass is 32.2. The highest BCUT2D eigenvalue weighted by Crippen LogP contribution is 2.39. The lowest BCUT2D eigenvalue weighted by Gasteiger charge is -2.30. The fraction of sp³-hybridized carbons (Fsp3) is 0.643. The monoisotopic (exact) mass is 344 g/mol. The van der Waals surface area contributed by atoms with Crippen LogP contribution in [0, 0.1) is 19.8 Å². The molecule has 0 spiro atoms. The Hall–Kier alpha value is -1.64. The zero-order valence-electron chi connectivity index (χ0n) is 13.0. The van der Waals surface area contributed by atoms with E-state index in [1.54, 1.807) is 19.9 Å². The fourth-order valence-corrected chi connectivity index (χ4v) is 4.51. The molecule has 1 aliphatic carbocycles. The highest BCUT2D eigenvalue weighted by Gasteiger charge is 2.44. The van der Waals surface area contributed by atoms with Crippen LogP contribution >= 0.6 is 0 Å². The summed E-state index contributed by atoms with van der Waals surface area (Å²) in [5.74, 6) is -4.59. The third kappa shape index (κ3) is 3.06. The third-order valence-electron chi connectivity index (χ3n) is 4.21. The van der Waals surface area contributed by atoms with Crippen molar-refractivity contribution in [3.05, 3.63) is 17.5 Å². The van der Waals surface area contributed by atoms with Crippen LogP contribution in [0.5, 0.6) is 0 Å². The Morgan fingerprint density at radius 2 is 2.04 bits per heavy atom. The Kier molecular flexibility index (Phi) is 3.86. The van der Waals surface area contributed by atoms with Gasteiger partial charge in [-0.05, 0) is 32.8 Å². The average Bonchev–Trinajstić information content (AvgIpc) is 2.86. The molecule has 0 N–H and O–H groups in total. The van der Waals surface area contributed by atoms with Crippen molar-refractivity contribution < 1.29 is 17.2 Å². The summed E-state index contributed by atoms with van der Waals surface area (Å²) in [7, 11) is -3.99. The molecule has 1 saturated carbocycles. The number of hydrogen-bond donors (Lipinski definition) is 0. The van der Waals surface area contributed by atoms with Gasteiger partial charge in [0.25, 0.3) is 16.9 Å². The van der Waals surface area contributed by atoms with Crippen LogP contribution in [0.3, 0.4) is 0 Å². The number of rotatable bonds is 3. The minimum Gasteiger partial charge on any atom is -0.220 e. The first-order valence-electron chi connectivity index (χ1n) is 7.51. The number of fused-ring (bicyclic) bond motifs is 1. The molecule has 0 bridgehead atoms. The van der Waals surface area contributed by atoms with Crippen molar-refractivity contribution >= 4 is 15.6 Å². The van der Waals surface area contributed by atoms with E-state index in [0.717, 1.165) is 0 Å². The Morgan fingerprint density at radius 3 is 2.74 bits per heavy atom. The normalized spacial score (nSPS) is 21.7. The van der Waals surface area contributed by atoms with Crippen LogP contribution in [0.15, 0.2) is 11.2 Å². The minimum atomic E-state index is -3.99. The van der Waals surface area contributed by atoms with Crippen molar-refractivity contribution in [2.75, 3.05) is 5.75 Å². The lowest BCUT2D eigenvalue weighted by molar-refractivity contribution is -0.0770. The number of nitrogens with zero attached hydrogens (tertiary/aromatic N) is 4. The van der Waals surface area contributed by atoms with E-state index < -0.39 is 32.6 Å². The Labute approximate surface area is 132 Å². The smallest absolute Gasteiger partial charge is 0.220 e. The molecule has 126 valence electrons. The van der Waals surface area contributed by atoms with Crippen molar-refractivity contribution in [2.24, 2.45) is 5.92 Å². The SMILES string of the molecule is Cc1cc(C)n2nc(S(=O)(=O)CC3CCCCC3(F)F)nc2n1. The maximum Gasteiger partial charge on any atom is 0.269 e. The molecule has 0 radical (unpaired) electrons. The molecule has 1 aliphatic rings. The summed E-state index contributed by atoms with van der Waals surface area (Å²) >= 11 is 0. The van der Waals surface area contributed by atoms with Crippen molar-refractivity contribution in [1.82, 2.24) is 19.6 Å². The van der Waals surface area contributed by atoms with Crippen LogP contribution in [0.25, 0.3) is 5.78 Å². The summed E-state index contributed by atoms with van der Waals surface area (Å²) in [5, 5.41) is 3.52. The maximum atomic E-state index is 13.9. The third-order valence-corrected chi connectivity index (χ3v) is 5.78. The van der Waals surface area contributed by atoms with Crippen LogP contribution in [0.2, 0.25) is 0 Å². The largest absolute Gasteiger partial charge is 0.269 e. The molecule has 2 aromatic heterocycles. The van der Waals surface area contributed by atoms with Crippen LogP contribution in [-0.4, -0.2) is 39.7 Å². The van der Waals surface area contributed by atoms with Crippen LogP contribution in [0.1, 0.15) is 37.1 Å². The van der Waals surface area contributed by atoms with Gasteiger partial charge >= 0.3 is 0 Å². The molecule has 1 unspecified atom stereocenters. The lowest BCUT2D eigenvalue weighted by Crippen LogP contribution is -2.36. The van der Waals surface area contributed by atoms with Crippen molar-refractivity contribution in [3.63, 3.8) is 0 Å². The zero-order valence-corrected chi connectivity index (χ0v) is 13.8. The average molecular weight is 344 g/mol. The van der Waals surface area contributed by atoms with Gasteiger partial charge in [-0.25, -0.2) is 26.7 Å². The first-order chi connectivity index (χ1) is 10.7. The molecule has 2 aromatic rings. The Balaban J connectivity index is 1.95. The molecule has 0 saturated heterocycles. The number of hydrogen-bond acceptors (Lipinski definition) is 5. The van der Waals surface area contributed by atoms with Gasteiger partial charge in [0.2, 0.25) is 9.84 Å². The summed E-state index contributed by atoms with van der Waals surface area (Å²) < 4.78 is 54.1. The van der Waals surface area contributed by atoms with E-state index in [9.17, 15) is 17.2 Å². The van der Waals surface area contributed by atoms with E-state index in [1.165, 1.54) is 4.52 Å². The van der Waals surface area contributed by atoms with E-state index >= 15 is 0 Å². The first-order valence-corrected chi connectivity index (χ1v) is 9.16. The summed E-state index contributed by atoms with van der Waals surface area (Å²) in [6.45, 7) is 3.51. The molecule has 3 rings (SSSR count). The van der Waals surface area contributed by atoms with Gasteiger partial charge in [-0.15, -0.1) is 5.10 Å². The fourth-order valence-electron chi connectivity index (χ4n) is 2.99. The quantitative estimate of drug-likeness (QED) is 0.854. The second kappa shape index (κ2) is 5.47. The zero-order chi connectivity index (χ0) is 16.8. The summed E-state index contributed by atoms with van der Waals surface area (Å²) in [5.41, 5.74) is 1.37. The van der Waals surface area contributed by atoms with E-state index in [1.807, 2.05) is 0 Å². The second-order valence-corrected chi connectivity index (χ2v) is 8.06. The minimum absolute atomic E-state index is 0.163. The van der Waals surface area contributed by atoms with Crippen LogP contribution in [-0.2, 0) is 9.84 Å². The Morgan fingerprint density at radius 1 is 1.30 bits per heavy atom. The number of alkyl halides is 2. The molecule has 9 heteroatoms. The molecule has 0 aromatic carbocycles. The van der Waals surface area contributed by atoms with Crippen molar-refractivity contribution in [1.29, 1.82) is 0 Å². The Bertz CT molecular complexity index is 848. The van der Waals surface area contributed by atoms with E-state index in [0.29, 0.717) is 24.2 Å². The van der Waals surface area contributed by atoms with E-state index in [4.69, 9.17) is 0 Å². The first kappa shape index (κ1) is 16.2. The molecule has 2 heterocycles. The predicted molar refractivity (Wildman–Crippen MR) is 79.2 cm³/mol. The lowest BCUT2D eigenvalue weighted by atomic mass is 9.87. The summed E-state index contributed by atoms with van der Waals surface area (Å²) in [6.07, 6.45) is 0.994. The summed E-state index contributed by atoms with van der Waals surface area (Å²) in [6, 6.07) is 1.74. The molecule has 0 aliphatic heterocycles. The van der Waals surface area contributed by atoms with Gasteiger partial charge in [-0.2, -0.15) is 4.98 Å². The van der Waals surface area contributed by atoms with Crippen molar-refractivity contribution in [2.45, 2.75) is 50.6 Å². The molecule has 6 nitrogen and oxygen atoms in total. The molecule has 1 fully saturated rings. The molecule has 0 amide bonds. The standard InChI is InChI=1S/C14H18F2N4O2S/c1-9-7-10(2)20-12(17-9)18-13(19-20)23(21,22)8-11-5-3-4-6-14(11,15)16/h7,11H,3-6,8H2,1-2H3. The van der Waals surface area contributed by atoms with Gasteiger partial charge in [0.05, 0.1) is 5.75 Å². The highest BCUT2D eigenvalue weighted by molar-refractivity contribution is 7.91. The van der Waals surface area contributed by atoms with E-state index in [-0.39, 0.29) is 18.6 Å². The van der Waals surface area contributed by atoms with Crippen LogP contribution < -0.4 is 0 Å². The predicted octanol–water partition coefficient (Wildman–Crippen LogP) is 2.34. The second-order valence-electron chi connectivity index (χ2n) is 6.13. The topological polar surface area (TPSA) is 77.2 Å². The number of sulfone groups is 1. The molecular formula is C14H18F2N4O2S. The van der Waals surface area contributed by atoms with Crippen molar-refractivity contribution in [3.8, 4) is 0 Å². The number of aryl methyl sites for hydroxylation is 2. The van der Waals surface area contributed by atoms with Crippen LogP contribution in [0.4, 0.5) is 8.78 Å². The van der Waals surface area contributed by atoms with Gasteiger partial charge in [0.15, 0.2) is 0 Å². The maximum absolute atomic E-state index is 13.9. The van der Waals surface area contributed by atoms with Gasteiger partial charge in [0.1, 0.15) is 0 Å². The number of halogens is 2. The van der Waals surface area contributed by atoms with E-state index in [2.05, 4.69) is 15.1 Å².